The number of fused-ring (bicyclic) bond motifs is 2. The molecule has 0 N–H and O–H groups in total. The maximum Gasteiger partial charge on any atom is 0.188 e. The molecule has 43 heavy (non-hydrogen) atoms. The van der Waals surface area contributed by atoms with Crippen molar-refractivity contribution in [1.82, 2.24) is 13.7 Å². The Bertz CT molecular complexity index is 1830. The van der Waals surface area contributed by atoms with E-state index in [1.165, 1.54) is 11.1 Å². The largest absolute Gasteiger partial charge is 0.302 e. The van der Waals surface area contributed by atoms with Crippen LogP contribution < -0.4 is 4.90 Å². The molecule has 5 aromatic rings. The lowest BCUT2D eigenvalue weighted by molar-refractivity contribution is -0.123. The molecule has 7 nitrogen and oxygen atoms in total. The van der Waals surface area contributed by atoms with E-state index in [0.29, 0.717) is 11.0 Å². The van der Waals surface area contributed by atoms with Gasteiger partial charge in [0, 0.05) is 39.8 Å². The maximum absolute atomic E-state index is 14.0. The van der Waals surface area contributed by atoms with Crippen LogP contribution in [0.25, 0.3) is 21.5 Å². The lowest BCUT2D eigenvalue weighted by Crippen LogP contribution is -2.35. The second-order valence-electron chi connectivity index (χ2n) is 11.0. The minimum absolute atomic E-state index is 0.0918. The van der Waals surface area contributed by atoms with Gasteiger partial charge in [-0.1, -0.05) is 35.4 Å². The summed E-state index contributed by atoms with van der Waals surface area (Å²) >= 11 is 2.55. The molecule has 2 aromatic carbocycles. The zero-order valence-electron chi connectivity index (χ0n) is 23.2. The van der Waals surface area contributed by atoms with Crippen LogP contribution in [0.1, 0.15) is 24.0 Å². The van der Waals surface area contributed by atoms with Crippen molar-refractivity contribution in [1.29, 1.82) is 0 Å². The lowest BCUT2D eigenvalue weighted by atomic mass is 9.79. The van der Waals surface area contributed by atoms with Gasteiger partial charge in [0.25, 0.3) is 0 Å². The van der Waals surface area contributed by atoms with Gasteiger partial charge in [-0.3, -0.25) is 9.59 Å². The fraction of sp³-hybridized carbons (Fsp3) is 0.250. The third-order valence-electron chi connectivity index (χ3n) is 8.13. The third-order valence-corrected chi connectivity index (χ3v) is 9.76. The number of carbonyl (C=O) groups is 2. The summed E-state index contributed by atoms with van der Waals surface area (Å²) in [5.41, 5.74) is 5.74. The summed E-state index contributed by atoms with van der Waals surface area (Å²) in [6.45, 7) is 4.12. The highest BCUT2D eigenvalue weighted by Crippen LogP contribution is 2.44. The number of aliphatic imine (C=N–C) groups is 1. The van der Waals surface area contributed by atoms with Gasteiger partial charge in [-0.2, -0.15) is 8.75 Å². The van der Waals surface area contributed by atoms with Gasteiger partial charge in [-0.05, 0) is 63.1 Å². The molecule has 0 aliphatic heterocycles. The first-order valence-corrected chi connectivity index (χ1v) is 15.4. The molecule has 4 unspecified atom stereocenters. The molecule has 2 fully saturated rings. The van der Waals surface area contributed by atoms with E-state index in [2.05, 4.69) is 86.0 Å². The molecule has 3 heterocycles. The number of hydrogen-bond donors (Lipinski definition) is 0. The molecule has 0 saturated heterocycles. The number of aromatic nitrogens is 3. The Morgan fingerprint density at radius 1 is 0.791 bits per heavy atom. The van der Waals surface area contributed by atoms with Crippen LogP contribution in [0.2, 0.25) is 0 Å². The maximum atomic E-state index is 14.0. The minimum Gasteiger partial charge on any atom is -0.302 e. The normalized spacial score (nSPS) is 21.8. The molecular formula is C32H25F2N5O2S2. The van der Waals surface area contributed by atoms with Crippen LogP contribution in [0.15, 0.2) is 71.9 Å². The topological polar surface area (TPSA) is 88.4 Å². The van der Waals surface area contributed by atoms with Crippen molar-refractivity contribution in [3.63, 3.8) is 0 Å². The van der Waals surface area contributed by atoms with Gasteiger partial charge in [-0.15, -0.1) is 11.3 Å². The Kier molecular flexibility index (Phi) is 6.94. The highest BCUT2D eigenvalue weighted by atomic mass is 32.1. The highest BCUT2D eigenvalue weighted by molar-refractivity contribution is 7.19. The summed E-state index contributed by atoms with van der Waals surface area (Å²) in [5, 5.41) is 0.991. The Hall–Kier alpha value is -4.22. The number of carbonyl (C=O) groups excluding carboxylic acids is 2. The van der Waals surface area contributed by atoms with Crippen molar-refractivity contribution in [3.8, 4) is 10.4 Å². The standard InChI is InChI=1S/C32H25F2N5O2S2/c1-16-3-7-18(8-4-16)39(19-9-5-17(2)6-10-19)26-12-11-25(42-26)22-15-35-32(28-27(22)37-43-38-28)36-29-30(40)20-13-23(33)24(34)14-21(20)31(29)41/h3-12,15,20-21,23-24H,13-14H2,1-2H3. The van der Waals surface area contributed by atoms with Crippen molar-refractivity contribution in [2.45, 2.75) is 39.0 Å². The van der Waals surface area contributed by atoms with Crippen LogP contribution >= 0.6 is 23.1 Å². The van der Waals surface area contributed by atoms with Gasteiger partial charge in [0.15, 0.2) is 23.1 Å². The van der Waals surface area contributed by atoms with Crippen LogP contribution in [0.5, 0.6) is 0 Å². The second kappa shape index (κ2) is 10.8. The first-order chi connectivity index (χ1) is 20.8. The van der Waals surface area contributed by atoms with Gasteiger partial charge in [0.1, 0.15) is 28.4 Å². The quantitative estimate of drug-likeness (QED) is 0.201. The van der Waals surface area contributed by atoms with E-state index in [1.54, 1.807) is 17.5 Å². The molecule has 3 aromatic heterocycles. The summed E-state index contributed by atoms with van der Waals surface area (Å²) in [4.78, 5) is 37.9. The predicted octanol–water partition coefficient (Wildman–Crippen LogP) is 7.83. The SMILES string of the molecule is Cc1ccc(N(c2ccc(C)cc2)c2ccc(-c3cnc(N=C4C(=O)C5CC(F)C(F)CC5C4=O)c4nsnc34)s2)cc1. The third kappa shape index (κ3) is 4.86. The van der Waals surface area contributed by atoms with Gasteiger partial charge >= 0.3 is 0 Å². The van der Waals surface area contributed by atoms with Crippen molar-refractivity contribution < 1.29 is 18.4 Å². The molecule has 0 bridgehead atoms. The Morgan fingerprint density at radius 3 is 1.93 bits per heavy atom. The van der Waals surface area contributed by atoms with Crippen LogP contribution in [0.4, 0.5) is 31.0 Å². The number of Topliss-reactive ketones (excluding diaryl/α,β-unsaturated/α-hetero) is 2. The molecule has 2 aliphatic rings. The average molecular weight is 614 g/mol. The number of benzene rings is 2. The Balaban J connectivity index is 1.25. The van der Waals surface area contributed by atoms with Gasteiger partial charge < -0.3 is 4.90 Å². The number of ketones is 2. The van der Waals surface area contributed by atoms with E-state index in [-0.39, 0.29) is 24.4 Å². The number of halogens is 2. The van der Waals surface area contributed by atoms with E-state index in [9.17, 15) is 18.4 Å². The fourth-order valence-electron chi connectivity index (χ4n) is 5.78. The minimum atomic E-state index is -1.76. The molecule has 2 saturated carbocycles. The summed E-state index contributed by atoms with van der Waals surface area (Å²) in [5.74, 6) is -2.78. The number of aryl methyl sites for hydroxylation is 2. The average Bonchev–Trinajstić information content (AvgIpc) is 3.73. The zero-order valence-corrected chi connectivity index (χ0v) is 24.8. The molecule has 2 aliphatic carbocycles. The van der Waals surface area contributed by atoms with Crippen molar-refractivity contribution >= 4 is 73.6 Å². The van der Waals surface area contributed by atoms with Crippen LogP contribution in [-0.4, -0.2) is 43.4 Å². The fourth-order valence-corrected chi connectivity index (χ4v) is 7.40. The number of anilines is 3. The van der Waals surface area contributed by atoms with Crippen molar-refractivity contribution in [2.24, 2.45) is 16.8 Å². The lowest BCUT2D eigenvalue weighted by Gasteiger charge is -2.27. The van der Waals surface area contributed by atoms with E-state index in [4.69, 9.17) is 0 Å². The monoisotopic (exact) mass is 613 g/mol. The van der Waals surface area contributed by atoms with Crippen LogP contribution in [0.3, 0.4) is 0 Å². The molecule has 216 valence electrons. The number of hydrogen-bond acceptors (Lipinski definition) is 9. The van der Waals surface area contributed by atoms with Crippen LogP contribution in [0, 0.1) is 25.7 Å². The number of thiophene rings is 1. The number of rotatable bonds is 5. The Labute approximate surface area is 254 Å². The second-order valence-corrected chi connectivity index (χ2v) is 12.6. The summed E-state index contributed by atoms with van der Waals surface area (Å²) < 4.78 is 36.9. The van der Waals surface area contributed by atoms with Gasteiger partial charge in [0.2, 0.25) is 0 Å². The zero-order chi connectivity index (χ0) is 29.8. The van der Waals surface area contributed by atoms with Gasteiger partial charge in [-0.25, -0.2) is 18.8 Å². The molecule has 7 rings (SSSR count). The van der Waals surface area contributed by atoms with E-state index < -0.39 is 35.7 Å². The molecule has 0 radical (unpaired) electrons. The highest BCUT2D eigenvalue weighted by Gasteiger charge is 2.52. The van der Waals surface area contributed by atoms with E-state index in [1.807, 2.05) is 12.1 Å². The van der Waals surface area contributed by atoms with E-state index >= 15 is 0 Å². The molecule has 0 spiro atoms. The summed E-state index contributed by atoms with van der Waals surface area (Å²) in [7, 11) is 0. The number of alkyl halides is 2. The molecule has 0 amide bonds. The summed E-state index contributed by atoms with van der Waals surface area (Å²) in [6, 6.07) is 20.8. The smallest absolute Gasteiger partial charge is 0.188 e. The first-order valence-electron chi connectivity index (χ1n) is 13.9. The van der Waals surface area contributed by atoms with Gasteiger partial charge in [0.05, 0.1) is 11.7 Å². The Morgan fingerprint density at radius 2 is 1.35 bits per heavy atom. The van der Waals surface area contributed by atoms with Crippen molar-refractivity contribution in [3.05, 3.63) is 78.0 Å². The van der Waals surface area contributed by atoms with E-state index in [0.717, 1.165) is 38.5 Å². The van der Waals surface area contributed by atoms with Crippen molar-refractivity contribution in [2.75, 3.05) is 4.90 Å². The molecule has 4 atom stereocenters. The summed E-state index contributed by atoms with van der Waals surface area (Å²) in [6.07, 6.45) is -2.51. The first kappa shape index (κ1) is 27.6. The predicted molar refractivity (Wildman–Crippen MR) is 166 cm³/mol. The number of nitrogens with zero attached hydrogens (tertiary/aromatic N) is 5. The number of pyridine rings is 1. The molecular weight excluding hydrogens is 589 g/mol. The molecule has 11 heteroatoms. The van der Waals surface area contributed by atoms with Crippen LogP contribution in [-0.2, 0) is 9.59 Å².